The number of rotatable bonds is 9. The Hall–Kier alpha value is -0.900. The average molecular weight is 251 g/mol. The summed E-state index contributed by atoms with van der Waals surface area (Å²) < 4.78 is 10.3. The van der Waals surface area contributed by atoms with Crippen molar-refractivity contribution in [3.63, 3.8) is 0 Å². The smallest absolute Gasteiger partial charge is 0.0700 e. The second kappa shape index (κ2) is 9.09. The molecular weight excluding hydrogens is 226 g/mol. The molecule has 0 aromatic heterocycles. The largest absolute Gasteiger partial charge is 0.382 e. The molecule has 0 aliphatic heterocycles. The number of hydrogen-bond acceptors (Lipinski definition) is 3. The summed E-state index contributed by atoms with van der Waals surface area (Å²) >= 11 is 0. The van der Waals surface area contributed by atoms with Crippen molar-refractivity contribution in [2.24, 2.45) is 0 Å². The third kappa shape index (κ3) is 6.15. The van der Waals surface area contributed by atoms with Crippen molar-refractivity contribution < 1.29 is 9.47 Å². The quantitative estimate of drug-likeness (QED) is 0.685. The minimum atomic E-state index is 0.392. The highest BCUT2D eigenvalue weighted by Gasteiger charge is 2.03. The van der Waals surface area contributed by atoms with E-state index in [0.29, 0.717) is 19.3 Å². The summed E-state index contributed by atoms with van der Waals surface area (Å²) in [6, 6.07) is 9.02. The molecule has 0 amide bonds. The first kappa shape index (κ1) is 15.2. The molecule has 18 heavy (non-hydrogen) atoms. The van der Waals surface area contributed by atoms with Gasteiger partial charge in [-0.25, -0.2) is 0 Å². The van der Waals surface area contributed by atoms with Crippen LogP contribution >= 0.6 is 0 Å². The fourth-order valence-electron chi connectivity index (χ4n) is 1.79. The van der Waals surface area contributed by atoms with Gasteiger partial charge in [-0.15, -0.1) is 0 Å². The van der Waals surface area contributed by atoms with Gasteiger partial charge < -0.3 is 14.8 Å². The normalized spacial score (nSPS) is 12.6. The van der Waals surface area contributed by atoms with Crippen molar-refractivity contribution in [2.45, 2.75) is 26.3 Å². The highest BCUT2D eigenvalue weighted by molar-refractivity contribution is 5.24. The van der Waals surface area contributed by atoms with E-state index in [1.807, 2.05) is 0 Å². The van der Waals surface area contributed by atoms with E-state index in [1.165, 1.54) is 11.1 Å². The van der Waals surface area contributed by atoms with Gasteiger partial charge in [-0.05, 0) is 32.4 Å². The zero-order valence-corrected chi connectivity index (χ0v) is 11.7. The van der Waals surface area contributed by atoms with E-state index < -0.39 is 0 Å². The van der Waals surface area contributed by atoms with E-state index in [0.717, 1.165) is 19.6 Å². The first-order valence-electron chi connectivity index (χ1n) is 6.60. The molecule has 1 unspecified atom stereocenters. The summed E-state index contributed by atoms with van der Waals surface area (Å²) in [5.74, 6) is 0. The molecule has 0 aliphatic carbocycles. The molecule has 3 nitrogen and oxygen atoms in total. The van der Waals surface area contributed by atoms with Gasteiger partial charge in [-0.2, -0.15) is 0 Å². The minimum Gasteiger partial charge on any atom is -0.382 e. The number of ether oxygens (including phenoxy) is 2. The first-order chi connectivity index (χ1) is 8.74. The van der Waals surface area contributed by atoms with E-state index in [1.54, 1.807) is 7.11 Å². The number of aryl methyl sites for hydroxylation is 1. The van der Waals surface area contributed by atoms with Crippen LogP contribution in [-0.4, -0.2) is 33.5 Å². The predicted octanol–water partition coefficient (Wildman–Crippen LogP) is 2.70. The van der Waals surface area contributed by atoms with E-state index in [2.05, 4.69) is 43.4 Å². The van der Waals surface area contributed by atoms with Gasteiger partial charge in [0.2, 0.25) is 0 Å². The Balaban J connectivity index is 2.12. The molecule has 0 heterocycles. The second-order valence-electron chi connectivity index (χ2n) is 4.55. The van der Waals surface area contributed by atoms with Crippen molar-refractivity contribution >= 4 is 0 Å². The van der Waals surface area contributed by atoms with Crippen molar-refractivity contribution in [3.05, 3.63) is 35.4 Å². The third-order valence-electron chi connectivity index (χ3n) is 2.89. The molecule has 1 atom stereocenters. The first-order valence-corrected chi connectivity index (χ1v) is 6.60. The molecule has 1 rings (SSSR count). The van der Waals surface area contributed by atoms with Crippen LogP contribution < -0.4 is 5.32 Å². The Morgan fingerprint density at radius 1 is 1.22 bits per heavy atom. The average Bonchev–Trinajstić information content (AvgIpc) is 2.37. The highest BCUT2D eigenvalue weighted by atomic mass is 16.5. The van der Waals surface area contributed by atoms with Crippen molar-refractivity contribution in [1.29, 1.82) is 0 Å². The van der Waals surface area contributed by atoms with Crippen LogP contribution in [0.25, 0.3) is 0 Å². The van der Waals surface area contributed by atoms with Crippen LogP contribution in [0.2, 0.25) is 0 Å². The Kier molecular flexibility index (Phi) is 7.65. The molecule has 0 saturated heterocycles. The molecular formula is C15H25NO2. The van der Waals surface area contributed by atoms with Crippen molar-refractivity contribution in [2.75, 3.05) is 33.5 Å². The van der Waals surface area contributed by atoms with Crippen LogP contribution in [0.1, 0.15) is 30.5 Å². The number of benzene rings is 1. The van der Waals surface area contributed by atoms with Crippen LogP contribution in [0.3, 0.4) is 0 Å². The fourth-order valence-corrected chi connectivity index (χ4v) is 1.79. The number of nitrogens with one attached hydrogen (secondary N) is 1. The number of methoxy groups -OCH3 is 1. The standard InChI is InChI=1S/C15H25NO2/c1-13-6-4-7-15(12-13)14(2)16-8-5-9-18-11-10-17-3/h4,6-7,12,14,16H,5,8-11H2,1-3H3. The van der Waals surface area contributed by atoms with Gasteiger partial charge in [0.1, 0.15) is 0 Å². The highest BCUT2D eigenvalue weighted by Crippen LogP contribution is 2.13. The van der Waals surface area contributed by atoms with E-state index in [-0.39, 0.29) is 0 Å². The van der Waals surface area contributed by atoms with Crippen LogP contribution in [0, 0.1) is 6.92 Å². The molecule has 0 spiro atoms. The monoisotopic (exact) mass is 251 g/mol. The maximum absolute atomic E-state index is 5.42. The predicted molar refractivity (Wildman–Crippen MR) is 74.9 cm³/mol. The van der Waals surface area contributed by atoms with Gasteiger partial charge in [0.15, 0.2) is 0 Å². The Morgan fingerprint density at radius 3 is 2.78 bits per heavy atom. The molecule has 1 aromatic rings. The Labute approximate surface area is 110 Å². The van der Waals surface area contributed by atoms with Crippen molar-refractivity contribution in [1.82, 2.24) is 5.32 Å². The summed E-state index contributed by atoms with van der Waals surface area (Å²) in [5, 5.41) is 3.51. The lowest BCUT2D eigenvalue weighted by Crippen LogP contribution is -2.21. The van der Waals surface area contributed by atoms with E-state index in [4.69, 9.17) is 9.47 Å². The van der Waals surface area contributed by atoms with Crippen LogP contribution in [0.15, 0.2) is 24.3 Å². The molecule has 1 N–H and O–H groups in total. The Morgan fingerprint density at radius 2 is 2.06 bits per heavy atom. The van der Waals surface area contributed by atoms with Gasteiger partial charge in [-0.3, -0.25) is 0 Å². The van der Waals surface area contributed by atoms with Crippen LogP contribution in [0.5, 0.6) is 0 Å². The fraction of sp³-hybridized carbons (Fsp3) is 0.600. The second-order valence-corrected chi connectivity index (χ2v) is 4.55. The lowest BCUT2D eigenvalue weighted by Gasteiger charge is -2.14. The summed E-state index contributed by atoms with van der Waals surface area (Å²) in [4.78, 5) is 0. The molecule has 0 bridgehead atoms. The summed E-state index contributed by atoms with van der Waals surface area (Å²) in [7, 11) is 1.69. The summed E-state index contributed by atoms with van der Waals surface area (Å²) in [5.41, 5.74) is 2.65. The molecule has 0 fully saturated rings. The maximum Gasteiger partial charge on any atom is 0.0700 e. The maximum atomic E-state index is 5.42. The lowest BCUT2D eigenvalue weighted by molar-refractivity contribution is 0.0693. The summed E-state index contributed by atoms with van der Waals surface area (Å²) in [6.45, 7) is 7.44. The van der Waals surface area contributed by atoms with Gasteiger partial charge in [0.25, 0.3) is 0 Å². The lowest BCUT2D eigenvalue weighted by atomic mass is 10.1. The van der Waals surface area contributed by atoms with Gasteiger partial charge in [-0.1, -0.05) is 29.8 Å². The van der Waals surface area contributed by atoms with Gasteiger partial charge >= 0.3 is 0 Å². The third-order valence-corrected chi connectivity index (χ3v) is 2.89. The Bertz CT molecular complexity index is 328. The zero-order valence-electron chi connectivity index (χ0n) is 11.7. The zero-order chi connectivity index (χ0) is 13.2. The number of hydrogen-bond donors (Lipinski definition) is 1. The van der Waals surface area contributed by atoms with Crippen LogP contribution in [0.4, 0.5) is 0 Å². The topological polar surface area (TPSA) is 30.5 Å². The van der Waals surface area contributed by atoms with Gasteiger partial charge in [0, 0.05) is 19.8 Å². The molecule has 0 aliphatic rings. The molecule has 102 valence electrons. The van der Waals surface area contributed by atoms with Crippen LogP contribution in [-0.2, 0) is 9.47 Å². The molecule has 0 saturated carbocycles. The van der Waals surface area contributed by atoms with E-state index in [9.17, 15) is 0 Å². The minimum absolute atomic E-state index is 0.392. The SMILES string of the molecule is COCCOCCCNC(C)c1cccc(C)c1. The molecule has 1 aromatic carbocycles. The van der Waals surface area contributed by atoms with Gasteiger partial charge in [0.05, 0.1) is 13.2 Å². The molecule has 3 heteroatoms. The van der Waals surface area contributed by atoms with Crippen molar-refractivity contribution in [3.8, 4) is 0 Å². The molecule has 0 radical (unpaired) electrons. The summed E-state index contributed by atoms with van der Waals surface area (Å²) in [6.07, 6.45) is 1.03. The van der Waals surface area contributed by atoms with E-state index >= 15 is 0 Å².